The molecule has 114 valence electrons. The number of benzene rings is 1. The van der Waals surface area contributed by atoms with Gasteiger partial charge in [-0.2, -0.15) is 13.2 Å². The summed E-state index contributed by atoms with van der Waals surface area (Å²) >= 11 is 0. The summed E-state index contributed by atoms with van der Waals surface area (Å²) in [7, 11) is 0. The Morgan fingerprint density at radius 2 is 2.05 bits per heavy atom. The number of para-hydroxylation sites is 1. The number of nitrogens with zero attached hydrogens (tertiary/aromatic N) is 1. The number of alkyl halides is 3. The average Bonchev–Trinajstić information content (AvgIpc) is 3.17. The van der Waals surface area contributed by atoms with Crippen molar-refractivity contribution in [3.05, 3.63) is 35.7 Å². The number of aliphatic carboxylic acids is 1. The van der Waals surface area contributed by atoms with E-state index >= 15 is 0 Å². The van der Waals surface area contributed by atoms with E-state index in [9.17, 15) is 22.4 Å². The minimum Gasteiger partial charge on any atom is -0.478 e. The summed E-state index contributed by atoms with van der Waals surface area (Å²) in [5.74, 6) is -2.04. The topological polar surface area (TPSA) is 40.5 Å². The van der Waals surface area contributed by atoms with E-state index in [0.29, 0.717) is 12.8 Å². The monoisotopic (exact) mass is 303 g/mol. The van der Waals surface area contributed by atoms with E-state index in [1.54, 1.807) is 0 Å². The number of rotatable bonds is 5. The molecule has 1 aliphatic rings. The van der Waals surface area contributed by atoms with Gasteiger partial charge in [-0.15, -0.1) is 0 Å². The summed E-state index contributed by atoms with van der Waals surface area (Å²) in [6.07, 6.45) is -1.46. The SMILES string of the molecule is O=C(O)/C=C/c1cccc(F)c1N(CC(F)(F)F)C1CC1. The summed E-state index contributed by atoms with van der Waals surface area (Å²) in [4.78, 5) is 11.5. The Hall–Kier alpha value is -2.05. The number of carboxylic acid groups (broad SMARTS) is 1. The van der Waals surface area contributed by atoms with Crippen LogP contribution >= 0.6 is 0 Å². The highest BCUT2D eigenvalue weighted by molar-refractivity contribution is 5.87. The third kappa shape index (κ3) is 4.21. The van der Waals surface area contributed by atoms with E-state index in [0.717, 1.165) is 23.1 Å². The van der Waals surface area contributed by atoms with Crippen LogP contribution in [-0.4, -0.2) is 29.8 Å². The first-order valence-electron chi connectivity index (χ1n) is 6.31. The molecule has 0 heterocycles. The summed E-state index contributed by atoms with van der Waals surface area (Å²) < 4.78 is 52.0. The Morgan fingerprint density at radius 1 is 1.38 bits per heavy atom. The van der Waals surface area contributed by atoms with E-state index in [4.69, 9.17) is 5.11 Å². The molecule has 0 saturated heterocycles. The van der Waals surface area contributed by atoms with Crippen LogP contribution in [0.25, 0.3) is 6.08 Å². The molecular weight excluding hydrogens is 290 g/mol. The largest absolute Gasteiger partial charge is 0.478 e. The summed E-state index contributed by atoms with van der Waals surface area (Å²) in [6, 6.07) is 3.43. The van der Waals surface area contributed by atoms with Crippen molar-refractivity contribution in [3.63, 3.8) is 0 Å². The van der Waals surface area contributed by atoms with E-state index in [1.807, 2.05) is 0 Å². The molecule has 0 unspecified atom stereocenters. The Kier molecular flexibility index (Phi) is 4.20. The van der Waals surface area contributed by atoms with Crippen LogP contribution in [0.15, 0.2) is 24.3 Å². The van der Waals surface area contributed by atoms with Crippen molar-refractivity contribution in [1.29, 1.82) is 0 Å². The molecule has 0 amide bonds. The van der Waals surface area contributed by atoms with Gasteiger partial charge in [0.1, 0.15) is 12.4 Å². The second-order valence-electron chi connectivity index (χ2n) is 4.82. The van der Waals surface area contributed by atoms with Crippen molar-refractivity contribution < 1.29 is 27.5 Å². The smallest absolute Gasteiger partial charge is 0.405 e. The quantitative estimate of drug-likeness (QED) is 0.669. The Bertz CT molecular complexity index is 565. The van der Waals surface area contributed by atoms with Crippen LogP contribution in [-0.2, 0) is 4.79 Å². The molecule has 2 rings (SSSR count). The minimum absolute atomic E-state index is 0.119. The predicted octanol–water partition coefficient (Wildman–Crippen LogP) is 3.45. The van der Waals surface area contributed by atoms with Gasteiger partial charge in [-0.05, 0) is 25.0 Å². The second kappa shape index (κ2) is 5.75. The van der Waals surface area contributed by atoms with Gasteiger partial charge in [-0.1, -0.05) is 12.1 Å². The second-order valence-corrected chi connectivity index (χ2v) is 4.82. The molecule has 21 heavy (non-hydrogen) atoms. The molecule has 0 atom stereocenters. The molecule has 3 nitrogen and oxygen atoms in total. The number of carboxylic acids is 1. The Balaban J connectivity index is 2.41. The fourth-order valence-electron chi connectivity index (χ4n) is 2.10. The first kappa shape index (κ1) is 15.3. The summed E-state index contributed by atoms with van der Waals surface area (Å²) in [5.41, 5.74) is -0.0802. The van der Waals surface area contributed by atoms with Crippen molar-refractivity contribution in [3.8, 4) is 0 Å². The van der Waals surface area contributed by atoms with Crippen molar-refractivity contribution in [2.45, 2.75) is 25.1 Å². The zero-order valence-corrected chi connectivity index (χ0v) is 10.9. The molecule has 1 fully saturated rings. The van der Waals surface area contributed by atoms with E-state index in [2.05, 4.69) is 0 Å². The Labute approximate surface area is 118 Å². The maximum atomic E-state index is 14.0. The summed E-state index contributed by atoms with van der Waals surface area (Å²) in [6.45, 7) is -1.26. The fourth-order valence-corrected chi connectivity index (χ4v) is 2.10. The minimum atomic E-state index is -4.46. The third-order valence-corrected chi connectivity index (χ3v) is 3.05. The summed E-state index contributed by atoms with van der Waals surface area (Å²) in [5, 5.41) is 8.61. The zero-order chi connectivity index (χ0) is 15.6. The predicted molar refractivity (Wildman–Crippen MR) is 69.5 cm³/mol. The van der Waals surface area contributed by atoms with Crippen LogP contribution < -0.4 is 4.90 Å². The van der Waals surface area contributed by atoms with Crippen molar-refractivity contribution in [2.75, 3.05) is 11.4 Å². The van der Waals surface area contributed by atoms with Crippen LogP contribution in [0, 0.1) is 5.82 Å². The molecule has 1 aromatic carbocycles. The number of hydrogen-bond donors (Lipinski definition) is 1. The van der Waals surface area contributed by atoms with Gasteiger partial charge in [-0.3, -0.25) is 0 Å². The molecule has 0 spiro atoms. The molecule has 0 bridgehead atoms. The standard InChI is InChI=1S/C14H13F4NO2/c15-11-3-1-2-9(4-7-12(20)21)13(11)19(10-5-6-10)8-14(16,17)18/h1-4,7,10H,5-6,8H2,(H,20,21)/b7-4+. The van der Waals surface area contributed by atoms with Crippen molar-refractivity contribution >= 4 is 17.7 Å². The molecule has 1 aromatic rings. The van der Waals surface area contributed by atoms with Gasteiger partial charge in [0.2, 0.25) is 0 Å². The molecule has 0 aromatic heterocycles. The first-order valence-corrected chi connectivity index (χ1v) is 6.31. The fraction of sp³-hybridized carbons (Fsp3) is 0.357. The number of anilines is 1. The number of carbonyl (C=O) groups is 1. The van der Waals surface area contributed by atoms with E-state index in [1.165, 1.54) is 12.1 Å². The van der Waals surface area contributed by atoms with Gasteiger partial charge in [0.05, 0.1) is 5.69 Å². The van der Waals surface area contributed by atoms with Gasteiger partial charge < -0.3 is 10.0 Å². The molecule has 1 N–H and O–H groups in total. The lowest BCUT2D eigenvalue weighted by molar-refractivity contribution is -0.131. The maximum absolute atomic E-state index is 14.0. The van der Waals surface area contributed by atoms with Gasteiger partial charge in [0.25, 0.3) is 0 Å². The van der Waals surface area contributed by atoms with Crippen molar-refractivity contribution in [2.24, 2.45) is 0 Å². The highest BCUT2D eigenvalue weighted by Gasteiger charge is 2.39. The molecule has 7 heteroatoms. The van der Waals surface area contributed by atoms with Gasteiger partial charge in [0, 0.05) is 17.7 Å². The molecule has 1 saturated carbocycles. The Morgan fingerprint density at radius 3 is 2.57 bits per heavy atom. The lowest BCUT2D eigenvalue weighted by Crippen LogP contribution is -2.37. The lowest BCUT2D eigenvalue weighted by atomic mass is 10.1. The normalized spacial score (nSPS) is 15.4. The van der Waals surface area contributed by atoms with Gasteiger partial charge >= 0.3 is 12.1 Å². The number of hydrogen-bond acceptors (Lipinski definition) is 2. The molecular formula is C14H13F4NO2. The van der Waals surface area contributed by atoms with E-state index in [-0.39, 0.29) is 17.3 Å². The lowest BCUT2D eigenvalue weighted by Gasteiger charge is -2.27. The van der Waals surface area contributed by atoms with E-state index < -0.39 is 24.5 Å². The van der Waals surface area contributed by atoms with Crippen LogP contribution in [0.4, 0.5) is 23.2 Å². The van der Waals surface area contributed by atoms with Crippen LogP contribution in [0.3, 0.4) is 0 Å². The van der Waals surface area contributed by atoms with Gasteiger partial charge in [0.15, 0.2) is 0 Å². The zero-order valence-electron chi connectivity index (χ0n) is 10.9. The van der Waals surface area contributed by atoms with Crippen LogP contribution in [0.2, 0.25) is 0 Å². The highest BCUT2D eigenvalue weighted by atomic mass is 19.4. The molecule has 0 radical (unpaired) electrons. The average molecular weight is 303 g/mol. The number of halogens is 4. The van der Waals surface area contributed by atoms with Crippen molar-refractivity contribution in [1.82, 2.24) is 0 Å². The third-order valence-electron chi connectivity index (χ3n) is 3.05. The van der Waals surface area contributed by atoms with Crippen LogP contribution in [0.5, 0.6) is 0 Å². The first-order chi connectivity index (χ1) is 9.78. The maximum Gasteiger partial charge on any atom is 0.405 e. The highest BCUT2D eigenvalue weighted by Crippen LogP contribution is 2.37. The molecule has 1 aliphatic carbocycles. The molecule has 0 aliphatic heterocycles. The van der Waals surface area contributed by atoms with Crippen LogP contribution in [0.1, 0.15) is 18.4 Å². The van der Waals surface area contributed by atoms with Gasteiger partial charge in [-0.25, -0.2) is 9.18 Å².